The molecule has 1 atom stereocenters. The van der Waals surface area contributed by atoms with Gasteiger partial charge in [-0.25, -0.2) is 4.57 Å². The number of para-hydroxylation sites is 1. The second-order valence-electron chi connectivity index (χ2n) is 4.76. The first-order valence-electron chi connectivity index (χ1n) is 7.13. The summed E-state index contributed by atoms with van der Waals surface area (Å²) in [6.07, 6.45) is -0.819. The number of halogens is 1. The fourth-order valence-corrected chi connectivity index (χ4v) is 2.65. The molecule has 0 amide bonds. The van der Waals surface area contributed by atoms with Crippen LogP contribution in [0, 0.1) is 0 Å². The van der Waals surface area contributed by atoms with E-state index in [1.165, 1.54) is 7.11 Å². The van der Waals surface area contributed by atoms with Gasteiger partial charge in [-0.05, 0) is 17.7 Å². The van der Waals surface area contributed by atoms with Gasteiger partial charge in [-0.1, -0.05) is 36.4 Å². The van der Waals surface area contributed by atoms with Gasteiger partial charge in [-0.15, -0.1) is 11.6 Å². The summed E-state index contributed by atoms with van der Waals surface area (Å²) in [5.41, 5.74) is 1.64. The van der Waals surface area contributed by atoms with Crippen LogP contribution in [0.5, 0.6) is 5.75 Å². The van der Waals surface area contributed by atoms with Crippen molar-refractivity contribution in [3.05, 3.63) is 65.2 Å². The van der Waals surface area contributed by atoms with E-state index in [2.05, 4.69) is 0 Å². The highest BCUT2D eigenvalue weighted by Crippen LogP contribution is 2.23. The molecular formula is C17H16ClO5P. The zero-order chi connectivity index (χ0) is 17.4. The van der Waals surface area contributed by atoms with E-state index >= 15 is 0 Å². The third-order valence-corrected chi connectivity index (χ3v) is 3.90. The van der Waals surface area contributed by atoms with E-state index < -0.39 is 15.0 Å². The summed E-state index contributed by atoms with van der Waals surface area (Å²) in [6.45, 7) is 0.101. The van der Waals surface area contributed by atoms with Crippen molar-refractivity contribution in [2.45, 2.75) is 12.9 Å². The quantitative estimate of drug-likeness (QED) is 0.287. The lowest BCUT2D eigenvalue weighted by atomic mass is 9.98. The average Bonchev–Trinajstić information content (AvgIpc) is 2.64. The van der Waals surface area contributed by atoms with E-state index in [0.717, 1.165) is 0 Å². The Morgan fingerprint density at radius 1 is 1.12 bits per heavy atom. The van der Waals surface area contributed by atoms with Gasteiger partial charge in [0.15, 0.2) is 12.1 Å². The molecule has 2 aromatic carbocycles. The maximum Gasteiger partial charge on any atom is 0.329 e. The van der Waals surface area contributed by atoms with Crippen molar-refractivity contribution in [3.8, 4) is 5.75 Å². The molecule has 0 aliphatic rings. The molecule has 0 saturated heterocycles. The first kappa shape index (κ1) is 18.6. The van der Waals surface area contributed by atoms with Crippen LogP contribution in [-0.4, -0.2) is 25.1 Å². The largest absolute Gasteiger partial charge is 0.496 e. The minimum Gasteiger partial charge on any atom is -0.496 e. The van der Waals surface area contributed by atoms with Crippen molar-refractivity contribution in [2.75, 3.05) is 13.0 Å². The highest BCUT2D eigenvalue weighted by molar-refractivity contribution is 7.17. The maximum absolute atomic E-state index is 12.8. The molecule has 0 saturated carbocycles. The lowest BCUT2D eigenvalue weighted by Crippen LogP contribution is -2.16. The summed E-state index contributed by atoms with van der Waals surface area (Å²) in [7, 11) is 1.01. The first-order chi connectivity index (χ1) is 11.7. The molecule has 0 aliphatic carbocycles. The van der Waals surface area contributed by atoms with Crippen molar-refractivity contribution in [1.82, 2.24) is 0 Å². The predicted octanol–water partition coefficient (Wildman–Crippen LogP) is 4.23. The lowest BCUT2D eigenvalue weighted by molar-refractivity contribution is -0.0668. The summed E-state index contributed by atoms with van der Waals surface area (Å²) >= 11 is 5.67. The number of hydrogen-bond donors (Lipinski definition) is 0. The van der Waals surface area contributed by atoms with Crippen LogP contribution in [0.1, 0.15) is 21.5 Å². The first-order valence-corrected chi connectivity index (χ1v) is 8.39. The van der Waals surface area contributed by atoms with Crippen LogP contribution in [0.2, 0.25) is 0 Å². The molecule has 0 spiro atoms. The second-order valence-corrected chi connectivity index (χ2v) is 5.43. The molecule has 126 valence electrons. The van der Waals surface area contributed by atoms with Gasteiger partial charge in [-0.2, -0.15) is 0 Å². The van der Waals surface area contributed by atoms with Gasteiger partial charge >= 0.3 is 8.69 Å². The number of rotatable bonds is 9. The molecule has 0 N–H and O–H groups in total. The van der Waals surface area contributed by atoms with Crippen LogP contribution in [0.4, 0.5) is 0 Å². The van der Waals surface area contributed by atoms with E-state index in [0.29, 0.717) is 22.4 Å². The van der Waals surface area contributed by atoms with Gasteiger partial charge in [0, 0.05) is 5.56 Å². The minimum absolute atomic E-state index is 0.0257. The molecule has 0 bridgehead atoms. The predicted molar refractivity (Wildman–Crippen MR) is 90.9 cm³/mol. The molecule has 5 nitrogen and oxygen atoms in total. The summed E-state index contributed by atoms with van der Waals surface area (Å²) in [6, 6.07) is 14.1. The molecule has 0 aliphatic heterocycles. The molecule has 0 fully saturated rings. The number of hydrogen-bond acceptors (Lipinski definition) is 5. The molecule has 2 rings (SSSR count). The average molecular weight is 367 g/mol. The number of carbonyl (C=O) groups excluding carboxylic acids is 1. The molecule has 2 aromatic rings. The summed E-state index contributed by atoms with van der Waals surface area (Å²) in [4.78, 5) is 12.8. The van der Waals surface area contributed by atoms with Gasteiger partial charge in [0.25, 0.3) is 0 Å². The zero-order valence-corrected chi connectivity index (χ0v) is 14.6. The molecule has 1 unspecified atom stereocenters. The Kier molecular flexibility index (Phi) is 7.35. The Balaban J connectivity index is 2.25. The van der Waals surface area contributed by atoms with Crippen LogP contribution in [0.25, 0.3) is 0 Å². The molecule has 0 radical (unpaired) electrons. The SMILES string of the molecule is COc1ccccc1C(=O)c1ccccc1COC(CCl)OP=O. The Morgan fingerprint density at radius 3 is 2.46 bits per heavy atom. The molecule has 0 heterocycles. The number of ketones is 1. The standard InChI is InChI=1S/C17H16ClO5P/c1-21-15-9-5-4-8-14(15)17(19)13-7-3-2-6-12(13)11-22-16(10-18)23-24-20/h2-9,16H,10-11H2,1H3. The number of benzene rings is 2. The van der Waals surface area contributed by atoms with Crippen LogP contribution < -0.4 is 4.74 Å². The van der Waals surface area contributed by atoms with E-state index in [-0.39, 0.29) is 18.3 Å². The molecule has 7 heteroatoms. The zero-order valence-electron chi connectivity index (χ0n) is 13.0. The Labute approximate surface area is 146 Å². The van der Waals surface area contributed by atoms with Crippen molar-refractivity contribution in [3.63, 3.8) is 0 Å². The third kappa shape index (κ3) is 4.62. The van der Waals surface area contributed by atoms with Crippen LogP contribution in [-0.2, 0) is 20.4 Å². The van der Waals surface area contributed by atoms with Crippen molar-refractivity contribution < 1.29 is 23.4 Å². The Bertz CT molecular complexity index is 707. The van der Waals surface area contributed by atoms with Crippen LogP contribution in [0.3, 0.4) is 0 Å². The number of carbonyl (C=O) groups is 1. The highest BCUT2D eigenvalue weighted by Gasteiger charge is 2.18. The van der Waals surface area contributed by atoms with Crippen molar-refractivity contribution in [2.24, 2.45) is 0 Å². The minimum atomic E-state index is -0.819. The Morgan fingerprint density at radius 2 is 1.79 bits per heavy atom. The number of methoxy groups -OCH3 is 1. The van der Waals surface area contributed by atoms with Gasteiger partial charge in [0.2, 0.25) is 0 Å². The van der Waals surface area contributed by atoms with Crippen LogP contribution in [0.15, 0.2) is 48.5 Å². The highest BCUT2D eigenvalue weighted by atomic mass is 35.5. The fourth-order valence-electron chi connectivity index (χ4n) is 2.18. The van der Waals surface area contributed by atoms with Gasteiger partial charge in [0.1, 0.15) is 5.75 Å². The van der Waals surface area contributed by atoms with E-state index in [4.69, 9.17) is 25.6 Å². The van der Waals surface area contributed by atoms with Gasteiger partial charge < -0.3 is 9.47 Å². The smallest absolute Gasteiger partial charge is 0.329 e. The van der Waals surface area contributed by atoms with E-state index in [1.807, 2.05) is 0 Å². The molecule has 0 aromatic heterocycles. The normalized spacial score (nSPS) is 12.1. The van der Waals surface area contributed by atoms with Crippen LogP contribution >= 0.6 is 20.3 Å². The number of ether oxygens (including phenoxy) is 2. The summed E-state index contributed by atoms with van der Waals surface area (Å²) in [5.74, 6) is 0.361. The number of alkyl halides is 1. The van der Waals surface area contributed by atoms with Gasteiger partial charge in [0.05, 0.1) is 25.2 Å². The van der Waals surface area contributed by atoms with Crippen molar-refractivity contribution in [1.29, 1.82) is 0 Å². The Hall–Kier alpha value is -1.78. The molecule has 24 heavy (non-hydrogen) atoms. The van der Waals surface area contributed by atoms with Crippen molar-refractivity contribution >= 4 is 26.1 Å². The maximum atomic E-state index is 12.8. The molecular weight excluding hydrogens is 351 g/mol. The van der Waals surface area contributed by atoms with E-state index in [1.54, 1.807) is 48.5 Å². The monoisotopic (exact) mass is 366 g/mol. The second kappa shape index (κ2) is 9.50. The summed E-state index contributed by atoms with van der Waals surface area (Å²) < 4.78 is 26.0. The fraction of sp³-hybridized carbons (Fsp3) is 0.235. The van der Waals surface area contributed by atoms with E-state index in [9.17, 15) is 9.36 Å². The summed E-state index contributed by atoms with van der Waals surface area (Å²) in [5, 5.41) is 0. The third-order valence-electron chi connectivity index (χ3n) is 3.32. The topological polar surface area (TPSA) is 61.8 Å². The lowest BCUT2D eigenvalue weighted by Gasteiger charge is -2.14. The van der Waals surface area contributed by atoms with Gasteiger partial charge in [-0.3, -0.25) is 9.32 Å².